The largest absolute Gasteiger partial charge is 0.496 e. The van der Waals surface area contributed by atoms with Crippen molar-refractivity contribution in [1.82, 2.24) is 4.98 Å². The van der Waals surface area contributed by atoms with Crippen LogP contribution in [0, 0.1) is 6.92 Å². The molecule has 0 fully saturated rings. The Morgan fingerprint density at radius 1 is 1.32 bits per heavy atom. The predicted octanol–water partition coefficient (Wildman–Crippen LogP) is 4.66. The number of aryl methyl sites for hydroxylation is 1. The minimum absolute atomic E-state index is 0.0465. The van der Waals surface area contributed by atoms with E-state index in [1.807, 2.05) is 37.2 Å². The van der Waals surface area contributed by atoms with Gasteiger partial charge in [-0.2, -0.15) is 0 Å². The number of halogens is 1. The number of anilines is 1. The number of pyridine rings is 1. The summed E-state index contributed by atoms with van der Waals surface area (Å²) in [5.41, 5.74) is 3.33. The van der Waals surface area contributed by atoms with Crippen LogP contribution in [0.5, 0.6) is 5.75 Å². The summed E-state index contributed by atoms with van der Waals surface area (Å²) in [6, 6.07) is 5.53. The summed E-state index contributed by atoms with van der Waals surface area (Å²) in [6.07, 6.45) is 0.464. The number of ketones is 1. The SMILES string of the molecule is COc1cc(C)[nH]c(=O)c1CCC(=O)c1cc(Br)cc2c1C(C)CN2S(=O)C(C)(C)C. The Labute approximate surface area is 194 Å². The van der Waals surface area contributed by atoms with Crippen LogP contribution in [0.3, 0.4) is 0 Å². The molecule has 168 valence electrons. The molecule has 3 rings (SSSR count). The molecule has 0 bridgehead atoms. The first-order valence-corrected chi connectivity index (χ1v) is 12.2. The Kier molecular flexibility index (Phi) is 6.81. The quantitative estimate of drug-likeness (QED) is 0.575. The molecule has 0 spiro atoms. The minimum Gasteiger partial charge on any atom is -0.496 e. The number of H-pyrrole nitrogens is 1. The number of aromatic amines is 1. The highest BCUT2D eigenvalue weighted by Crippen LogP contribution is 2.43. The number of Topliss-reactive ketones (excluding diaryl/α,β-unsaturated/α-hetero) is 1. The lowest BCUT2D eigenvalue weighted by Gasteiger charge is -2.27. The summed E-state index contributed by atoms with van der Waals surface area (Å²) in [4.78, 5) is 28.4. The van der Waals surface area contributed by atoms with Gasteiger partial charge in [0, 0.05) is 34.6 Å². The molecule has 0 saturated carbocycles. The second kappa shape index (κ2) is 8.90. The number of aromatic nitrogens is 1. The second-order valence-electron chi connectivity index (χ2n) is 8.96. The zero-order valence-corrected chi connectivity index (χ0v) is 21.2. The summed E-state index contributed by atoms with van der Waals surface area (Å²) in [5.74, 6) is 0.522. The molecule has 0 saturated heterocycles. The predicted molar refractivity (Wildman–Crippen MR) is 129 cm³/mol. The molecular formula is C23H29BrN2O4S. The maximum absolute atomic E-state index is 13.3. The molecule has 1 aromatic heterocycles. The van der Waals surface area contributed by atoms with Crippen molar-refractivity contribution in [2.45, 2.75) is 58.1 Å². The van der Waals surface area contributed by atoms with Crippen LogP contribution in [0.4, 0.5) is 5.69 Å². The molecule has 2 aromatic rings. The molecule has 1 aromatic carbocycles. The van der Waals surface area contributed by atoms with Gasteiger partial charge in [0.15, 0.2) is 5.78 Å². The molecule has 31 heavy (non-hydrogen) atoms. The van der Waals surface area contributed by atoms with Crippen LogP contribution in [0.1, 0.15) is 67.2 Å². The van der Waals surface area contributed by atoms with Crippen molar-refractivity contribution >= 4 is 38.4 Å². The van der Waals surface area contributed by atoms with Crippen molar-refractivity contribution in [3.05, 3.63) is 55.4 Å². The van der Waals surface area contributed by atoms with E-state index in [-0.39, 0.29) is 30.1 Å². The van der Waals surface area contributed by atoms with Crippen molar-refractivity contribution in [3.8, 4) is 5.75 Å². The topological polar surface area (TPSA) is 79.5 Å². The number of carbonyl (C=O) groups is 1. The Morgan fingerprint density at radius 3 is 2.61 bits per heavy atom. The van der Waals surface area contributed by atoms with E-state index in [2.05, 4.69) is 27.8 Å². The van der Waals surface area contributed by atoms with Crippen molar-refractivity contribution in [2.24, 2.45) is 0 Å². The first kappa shape index (κ1) is 23.7. The molecule has 8 heteroatoms. The van der Waals surface area contributed by atoms with Gasteiger partial charge < -0.3 is 9.72 Å². The number of hydrogen-bond donors (Lipinski definition) is 1. The van der Waals surface area contributed by atoms with Crippen molar-refractivity contribution < 1.29 is 13.7 Å². The van der Waals surface area contributed by atoms with E-state index in [0.717, 1.165) is 15.7 Å². The van der Waals surface area contributed by atoms with Gasteiger partial charge in [-0.05, 0) is 57.9 Å². The summed E-state index contributed by atoms with van der Waals surface area (Å²) >= 11 is 3.52. The molecule has 0 aliphatic carbocycles. The maximum atomic E-state index is 13.3. The summed E-state index contributed by atoms with van der Waals surface area (Å²) in [5, 5.41) is 0. The Bertz CT molecular complexity index is 1100. The van der Waals surface area contributed by atoms with Gasteiger partial charge in [-0.1, -0.05) is 22.9 Å². The van der Waals surface area contributed by atoms with E-state index < -0.39 is 15.7 Å². The lowest BCUT2D eigenvalue weighted by atomic mass is 9.92. The number of rotatable bonds is 6. The Hall–Kier alpha value is -1.93. The summed E-state index contributed by atoms with van der Waals surface area (Å²) in [6.45, 7) is 10.3. The standard InChI is InChI=1S/C23H29BrN2O4S/c1-13-12-26(31(29)23(3,4)5)18-11-15(24)10-17(21(13)18)19(27)8-7-16-20(30-6)9-14(2)25-22(16)28/h9-11,13H,7-8,12H2,1-6H3,(H,25,28). The van der Waals surface area contributed by atoms with Gasteiger partial charge in [-0.15, -0.1) is 0 Å². The van der Waals surface area contributed by atoms with Crippen molar-refractivity contribution in [3.63, 3.8) is 0 Å². The molecule has 0 radical (unpaired) electrons. The highest BCUT2D eigenvalue weighted by Gasteiger charge is 2.37. The van der Waals surface area contributed by atoms with Crippen LogP contribution in [-0.2, 0) is 17.4 Å². The highest BCUT2D eigenvalue weighted by atomic mass is 79.9. The van der Waals surface area contributed by atoms with Gasteiger partial charge >= 0.3 is 0 Å². The first-order valence-electron chi connectivity index (χ1n) is 10.3. The third-order valence-corrected chi connectivity index (χ3v) is 7.65. The second-order valence-corrected chi connectivity index (χ2v) is 12.0. The van der Waals surface area contributed by atoms with Crippen LogP contribution in [0.15, 0.2) is 27.5 Å². The lowest BCUT2D eigenvalue weighted by molar-refractivity contribution is 0.0981. The van der Waals surface area contributed by atoms with E-state index >= 15 is 0 Å². The monoisotopic (exact) mass is 508 g/mol. The van der Waals surface area contributed by atoms with Crippen LogP contribution in [-0.4, -0.2) is 33.4 Å². The number of nitrogens with zero attached hydrogens (tertiary/aromatic N) is 1. The summed E-state index contributed by atoms with van der Waals surface area (Å²) in [7, 11) is 0.292. The number of carbonyl (C=O) groups excluding carboxylic acids is 1. The molecule has 1 aliphatic rings. The molecule has 6 nitrogen and oxygen atoms in total. The molecule has 2 atom stereocenters. The smallest absolute Gasteiger partial charge is 0.255 e. The molecule has 2 unspecified atom stereocenters. The van der Waals surface area contributed by atoms with Gasteiger partial charge in [0.1, 0.15) is 16.7 Å². The number of nitrogens with one attached hydrogen (secondary N) is 1. The molecule has 1 N–H and O–H groups in total. The average Bonchev–Trinajstić information content (AvgIpc) is 3.00. The van der Waals surface area contributed by atoms with E-state index in [1.54, 1.807) is 13.0 Å². The summed E-state index contributed by atoms with van der Waals surface area (Å²) < 4.78 is 20.7. The van der Waals surface area contributed by atoms with E-state index in [4.69, 9.17) is 4.74 Å². The number of ether oxygens (including phenoxy) is 1. The number of hydrogen-bond acceptors (Lipinski definition) is 4. The third kappa shape index (κ3) is 4.80. The molecular weight excluding hydrogens is 480 g/mol. The number of benzene rings is 1. The average molecular weight is 509 g/mol. The maximum Gasteiger partial charge on any atom is 0.255 e. The fraction of sp³-hybridized carbons (Fsp3) is 0.478. The zero-order chi connectivity index (χ0) is 23.1. The van der Waals surface area contributed by atoms with Crippen LogP contribution in [0.25, 0.3) is 0 Å². The Balaban J connectivity index is 1.94. The van der Waals surface area contributed by atoms with Gasteiger partial charge in [0.05, 0.1) is 23.1 Å². The van der Waals surface area contributed by atoms with Gasteiger partial charge in [-0.3, -0.25) is 13.9 Å². The molecule has 1 aliphatic heterocycles. The van der Waals surface area contributed by atoms with Crippen LogP contribution in [0.2, 0.25) is 0 Å². The normalized spacial score (nSPS) is 16.9. The minimum atomic E-state index is -1.23. The molecule has 2 heterocycles. The van der Waals surface area contributed by atoms with Gasteiger partial charge in [0.25, 0.3) is 5.56 Å². The van der Waals surface area contributed by atoms with E-state index in [9.17, 15) is 13.8 Å². The molecule has 0 amide bonds. The van der Waals surface area contributed by atoms with Crippen LogP contribution < -0.4 is 14.6 Å². The van der Waals surface area contributed by atoms with E-state index in [1.165, 1.54) is 7.11 Å². The number of methoxy groups -OCH3 is 1. The zero-order valence-electron chi connectivity index (χ0n) is 18.8. The fourth-order valence-electron chi connectivity index (χ4n) is 3.96. The first-order chi connectivity index (χ1) is 14.4. The number of fused-ring (bicyclic) bond motifs is 1. The van der Waals surface area contributed by atoms with Crippen LogP contribution >= 0.6 is 15.9 Å². The van der Waals surface area contributed by atoms with E-state index in [0.29, 0.717) is 29.1 Å². The Morgan fingerprint density at radius 2 is 2.00 bits per heavy atom. The van der Waals surface area contributed by atoms with Gasteiger partial charge in [0.2, 0.25) is 0 Å². The van der Waals surface area contributed by atoms with Crippen molar-refractivity contribution in [1.29, 1.82) is 0 Å². The van der Waals surface area contributed by atoms with Gasteiger partial charge in [-0.25, -0.2) is 4.21 Å². The fourth-order valence-corrected chi connectivity index (χ4v) is 5.76. The highest BCUT2D eigenvalue weighted by molar-refractivity contribution is 9.10. The lowest BCUT2D eigenvalue weighted by Crippen LogP contribution is -2.36. The van der Waals surface area contributed by atoms with Crippen molar-refractivity contribution in [2.75, 3.05) is 18.0 Å². The third-order valence-electron chi connectivity index (χ3n) is 5.40.